The number of benzene rings is 1. The highest BCUT2D eigenvalue weighted by Crippen LogP contribution is 2.67. The SMILES string of the molecule is CC1(C)[C@@H](O[Si](C)(C)C(C)(C)C)C[C@@H]2[C@H]1CC(=O)[C@]1(OCc3ccccc3)C[C@H](C=O)[C@@H]3CC[C@H]([C@@H]31)[C@@]2(C)O[Si](C)(C)C. The van der Waals surface area contributed by atoms with Gasteiger partial charge in [0.25, 0.3) is 0 Å². The number of ether oxygens (including phenoxy) is 1. The van der Waals surface area contributed by atoms with Crippen LogP contribution in [-0.4, -0.2) is 46.0 Å². The maximum absolute atomic E-state index is 14.9. The number of carbonyl (C=O) groups excluding carboxylic acids is 2. The molecule has 5 rings (SSSR count). The fourth-order valence-electron chi connectivity index (χ4n) is 9.62. The van der Waals surface area contributed by atoms with Gasteiger partial charge in [-0.1, -0.05) is 65.0 Å². The van der Waals surface area contributed by atoms with E-state index in [1.54, 1.807) is 0 Å². The van der Waals surface area contributed by atoms with Gasteiger partial charge in [0.2, 0.25) is 0 Å². The van der Waals surface area contributed by atoms with E-state index in [4.69, 9.17) is 13.6 Å². The third-order valence-electron chi connectivity index (χ3n) is 12.7. The molecule has 7 heteroatoms. The van der Waals surface area contributed by atoms with Crippen molar-refractivity contribution in [2.45, 2.75) is 135 Å². The van der Waals surface area contributed by atoms with Gasteiger partial charge in [-0.25, -0.2) is 0 Å². The number of ketones is 1. The van der Waals surface area contributed by atoms with Gasteiger partial charge in [0.1, 0.15) is 11.9 Å². The molecule has 0 unspecified atom stereocenters. The van der Waals surface area contributed by atoms with Crippen molar-refractivity contribution >= 4 is 28.7 Å². The molecule has 240 valence electrons. The molecule has 0 heterocycles. The second-order valence-corrected chi connectivity index (χ2v) is 26.9. The van der Waals surface area contributed by atoms with E-state index < -0.39 is 27.8 Å². The molecule has 5 nitrogen and oxygen atoms in total. The predicted molar refractivity (Wildman–Crippen MR) is 178 cm³/mol. The molecule has 4 aliphatic rings. The van der Waals surface area contributed by atoms with Crippen molar-refractivity contribution in [2.75, 3.05) is 0 Å². The van der Waals surface area contributed by atoms with Crippen LogP contribution in [0.4, 0.5) is 0 Å². The molecule has 9 atom stereocenters. The first-order chi connectivity index (χ1) is 19.8. The van der Waals surface area contributed by atoms with Crippen LogP contribution in [0.15, 0.2) is 30.3 Å². The molecule has 43 heavy (non-hydrogen) atoms. The van der Waals surface area contributed by atoms with Gasteiger partial charge in [-0.2, -0.15) is 0 Å². The second-order valence-electron chi connectivity index (χ2n) is 17.7. The van der Waals surface area contributed by atoms with Crippen LogP contribution in [0, 0.1) is 40.9 Å². The van der Waals surface area contributed by atoms with Crippen LogP contribution in [-0.2, 0) is 29.8 Å². The number of rotatable bonds is 8. The van der Waals surface area contributed by atoms with Crippen molar-refractivity contribution in [1.29, 1.82) is 0 Å². The summed E-state index contributed by atoms with van der Waals surface area (Å²) in [5, 5.41) is 0.105. The van der Waals surface area contributed by atoms with Gasteiger partial charge in [-0.15, -0.1) is 0 Å². The van der Waals surface area contributed by atoms with E-state index >= 15 is 0 Å². The highest BCUT2D eigenvalue weighted by molar-refractivity contribution is 6.74. The quantitative estimate of drug-likeness (QED) is 0.214. The lowest BCUT2D eigenvalue weighted by molar-refractivity contribution is -0.177. The van der Waals surface area contributed by atoms with Crippen molar-refractivity contribution in [3.8, 4) is 0 Å². The third kappa shape index (κ3) is 5.62. The van der Waals surface area contributed by atoms with Gasteiger partial charge in [-0.3, -0.25) is 4.79 Å². The Morgan fingerprint density at radius 3 is 2.19 bits per heavy atom. The first-order valence-corrected chi connectivity index (χ1v) is 23.1. The van der Waals surface area contributed by atoms with Gasteiger partial charge >= 0.3 is 0 Å². The molecular formula is C36H58O5Si2. The summed E-state index contributed by atoms with van der Waals surface area (Å²) in [5.41, 5.74) is -0.516. The van der Waals surface area contributed by atoms with E-state index in [-0.39, 0.29) is 57.8 Å². The highest BCUT2D eigenvalue weighted by Gasteiger charge is 2.71. The molecule has 1 aromatic rings. The minimum absolute atomic E-state index is 0.00955. The first kappa shape index (κ1) is 33.2. The smallest absolute Gasteiger partial charge is 0.192 e. The van der Waals surface area contributed by atoms with Crippen molar-refractivity contribution in [3.05, 3.63) is 35.9 Å². The lowest BCUT2D eigenvalue weighted by Gasteiger charge is -2.54. The van der Waals surface area contributed by atoms with Gasteiger partial charge in [0, 0.05) is 18.3 Å². The molecular weight excluding hydrogens is 569 g/mol. The number of aldehydes is 1. The summed E-state index contributed by atoms with van der Waals surface area (Å²) in [5.74, 6) is 0.695. The van der Waals surface area contributed by atoms with Crippen LogP contribution >= 0.6 is 0 Å². The van der Waals surface area contributed by atoms with E-state index in [0.717, 1.165) is 31.1 Å². The van der Waals surface area contributed by atoms with E-state index in [2.05, 4.69) is 86.4 Å². The number of carbonyl (C=O) groups is 2. The summed E-state index contributed by atoms with van der Waals surface area (Å²) >= 11 is 0. The summed E-state index contributed by atoms with van der Waals surface area (Å²) in [7, 11) is -4.07. The van der Waals surface area contributed by atoms with Crippen molar-refractivity contribution in [1.82, 2.24) is 0 Å². The molecule has 4 aliphatic carbocycles. The average Bonchev–Trinajstić information content (AvgIpc) is 3.53. The normalized spacial score (nSPS) is 39.2. The van der Waals surface area contributed by atoms with Crippen LogP contribution in [0.3, 0.4) is 0 Å². The van der Waals surface area contributed by atoms with Crippen LogP contribution < -0.4 is 0 Å². The Morgan fingerprint density at radius 1 is 0.953 bits per heavy atom. The molecule has 0 bridgehead atoms. The van der Waals surface area contributed by atoms with Crippen molar-refractivity contribution in [3.63, 3.8) is 0 Å². The Bertz CT molecular complexity index is 1200. The Hall–Kier alpha value is -1.13. The van der Waals surface area contributed by atoms with E-state index in [9.17, 15) is 9.59 Å². The molecule has 0 aliphatic heterocycles. The Labute approximate surface area is 263 Å². The second kappa shape index (κ2) is 11.0. The lowest BCUT2D eigenvalue weighted by atomic mass is 9.59. The maximum atomic E-state index is 14.9. The first-order valence-electron chi connectivity index (χ1n) is 16.8. The maximum Gasteiger partial charge on any atom is 0.192 e. The molecule has 1 aromatic carbocycles. The van der Waals surface area contributed by atoms with Gasteiger partial charge in [-0.05, 0) is 105 Å². The molecule has 4 fully saturated rings. The third-order valence-corrected chi connectivity index (χ3v) is 18.2. The largest absolute Gasteiger partial charge is 0.413 e. The van der Waals surface area contributed by atoms with Crippen LogP contribution in [0.25, 0.3) is 0 Å². The Balaban J connectivity index is 1.63. The fraction of sp³-hybridized carbons (Fsp3) is 0.778. The number of hydrogen-bond acceptors (Lipinski definition) is 5. The topological polar surface area (TPSA) is 61.8 Å². The minimum atomic E-state index is -2.06. The number of Topliss-reactive ketones (excluding diaryl/α,β-unsaturated/α-hetero) is 1. The summed E-state index contributed by atoms with van der Waals surface area (Å²) in [6.07, 6.45) is 5.00. The molecule has 0 radical (unpaired) electrons. The highest BCUT2D eigenvalue weighted by atomic mass is 28.4. The van der Waals surface area contributed by atoms with Crippen molar-refractivity contribution < 1.29 is 23.2 Å². The van der Waals surface area contributed by atoms with Crippen LogP contribution in [0.1, 0.15) is 79.2 Å². The Morgan fingerprint density at radius 2 is 1.60 bits per heavy atom. The molecule has 0 amide bonds. The fourth-order valence-corrected chi connectivity index (χ4v) is 12.7. The molecule has 4 saturated carbocycles. The summed E-state index contributed by atoms with van der Waals surface area (Å²) in [6.45, 7) is 26.0. The van der Waals surface area contributed by atoms with Gasteiger partial charge in [0.15, 0.2) is 22.4 Å². The summed E-state index contributed by atoms with van der Waals surface area (Å²) in [6, 6.07) is 10.2. The zero-order valence-electron chi connectivity index (χ0n) is 28.8. The van der Waals surface area contributed by atoms with E-state index in [0.29, 0.717) is 19.4 Å². The van der Waals surface area contributed by atoms with E-state index in [1.807, 2.05) is 18.2 Å². The molecule has 0 saturated heterocycles. The zero-order valence-corrected chi connectivity index (χ0v) is 30.8. The van der Waals surface area contributed by atoms with Gasteiger partial charge in [0.05, 0.1) is 18.3 Å². The standard InChI is InChI=1S/C36H58O5Si2/c1-33(2,3)43(10,11)40-31-20-29-28(34(31,4)5)19-30(38)36(39-23-24-15-13-12-14-16-24)21-25(22-37)26-17-18-27(32(26)36)35(29,6)41-42(7,8)9/h12-16,22,25-29,31-32H,17-21,23H2,1-11H3/t25-,26+,27-,28-,29-,31+,32-,35-,36-/m1/s1. The summed E-state index contributed by atoms with van der Waals surface area (Å²) in [4.78, 5) is 27.5. The number of hydrogen-bond donors (Lipinski definition) is 0. The van der Waals surface area contributed by atoms with Crippen LogP contribution in [0.2, 0.25) is 37.8 Å². The molecule has 0 N–H and O–H groups in total. The lowest BCUT2D eigenvalue weighted by Crippen LogP contribution is -2.61. The zero-order chi connectivity index (χ0) is 31.8. The monoisotopic (exact) mass is 626 g/mol. The predicted octanol–water partition coefficient (Wildman–Crippen LogP) is 8.44. The van der Waals surface area contributed by atoms with Gasteiger partial charge < -0.3 is 18.4 Å². The summed E-state index contributed by atoms with van der Waals surface area (Å²) < 4.78 is 21.7. The van der Waals surface area contributed by atoms with Crippen molar-refractivity contribution in [2.24, 2.45) is 40.9 Å². The van der Waals surface area contributed by atoms with Crippen LogP contribution in [0.5, 0.6) is 0 Å². The Kier molecular flexibility index (Phi) is 8.50. The number of fused-ring (bicyclic) bond motifs is 1. The average molecular weight is 627 g/mol. The minimum Gasteiger partial charge on any atom is -0.413 e. The molecule has 0 aromatic heterocycles. The molecule has 0 spiro atoms. The van der Waals surface area contributed by atoms with E-state index in [1.165, 1.54) is 0 Å².